The van der Waals surface area contributed by atoms with Gasteiger partial charge < -0.3 is 4.57 Å². The third kappa shape index (κ3) is 1.93. The second-order valence-corrected chi connectivity index (χ2v) is 4.95. The summed E-state index contributed by atoms with van der Waals surface area (Å²) in [5.74, 6) is -1.14. The Bertz CT molecular complexity index is 629. The van der Waals surface area contributed by atoms with Gasteiger partial charge in [0.2, 0.25) is 0 Å². The standard InChI is InChI=1S/C14H17N3O3/c1-8-6-10(9(2)15(8)3)7-11-12(18)16(4)14(20)17(5)13(11)19/h6-7H,1-5H3. The van der Waals surface area contributed by atoms with E-state index in [1.54, 1.807) is 6.08 Å². The predicted molar refractivity (Wildman–Crippen MR) is 73.8 cm³/mol. The van der Waals surface area contributed by atoms with Crippen LogP contribution in [-0.2, 0) is 16.6 Å². The van der Waals surface area contributed by atoms with E-state index >= 15 is 0 Å². The molecule has 6 heteroatoms. The lowest BCUT2D eigenvalue weighted by Gasteiger charge is -2.28. The summed E-state index contributed by atoms with van der Waals surface area (Å²) in [5.41, 5.74) is 2.79. The molecule has 4 amide bonds. The zero-order chi connectivity index (χ0) is 15.2. The first-order chi connectivity index (χ1) is 9.25. The molecule has 0 atom stereocenters. The first-order valence-electron chi connectivity index (χ1n) is 6.20. The van der Waals surface area contributed by atoms with E-state index in [1.165, 1.54) is 14.1 Å². The second kappa shape index (κ2) is 4.63. The maximum absolute atomic E-state index is 12.1. The predicted octanol–water partition coefficient (Wildman–Crippen LogP) is 1.08. The van der Waals surface area contributed by atoms with Gasteiger partial charge in [-0.1, -0.05) is 0 Å². The van der Waals surface area contributed by atoms with Crippen LogP contribution in [0.15, 0.2) is 11.6 Å². The second-order valence-electron chi connectivity index (χ2n) is 4.95. The number of carbonyl (C=O) groups excluding carboxylic acids is 3. The van der Waals surface area contributed by atoms with Gasteiger partial charge in [-0.2, -0.15) is 0 Å². The molecule has 2 rings (SSSR count). The number of barbiturate groups is 1. The number of amides is 4. The third-order valence-corrected chi connectivity index (χ3v) is 3.76. The largest absolute Gasteiger partial charge is 0.352 e. The van der Waals surface area contributed by atoms with Gasteiger partial charge >= 0.3 is 6.03 Å². The summed E-state index contributed by atoms with van der Waals surface area (Å²) < 4.78 is 1.97. The number of likely N-dealkylation sites (N-methyl/N-ethyl adjacent to an activating group) is 2. The van der Waals surface area contributed by atoms with Crippen LogP contribution < -0.4 is 0 Å². The molecule has 2 heterocycles. The highest BCUT2D eigenvalue weighted by Gasteiger charge is 2.37. The molecule has 0 spiro atoms. The molecular formula is C14H17N3O3. The van der Waals surface area contributed by atoms with Gasteiger partial charge in [-0.05, 0) is 31.6 Å². The number of nitrogens with zero attached hydrogens (tertiary/aromatic N) is 3. The lowest BCUT2D eigenvalue weighted by molar-refractivity contribution is -0.134. The molecule has 0 radical (unpaired) electrons. The molecule has 0 unspecified atom stereocenters. The highest BCUT2D eigenvalue weighted by atomic mass is 16.2. The van der Waals surface area contributed by atoms with Gasteiger partial charge in [-0.25, -0.2) is 4.79 Å². The molecule has 1 fully saturated rings. The van der Waals surface area contributed by atoms with Gasteiger partial charge in [-0.3, -0.25) is 19.4 Å². The van der Waals surface area contributed by atoms with Crippen LogP contribution in [0.2, 0.25) is 0 Å². The van der Waals surface area contributed by atoms with E-state index in [1.807, 2.05) is 31.5 Å². The van der Waals surface area contributed by atoms with Crippen LogP contribution >= 0.6 is 0 Å². The van der Waals surface area contributed by atoms with E-state index in [0.717, 1.165) is 26.8 Å². The van der Waals surface area contributed by atoms with Crippen LogP contribution in [0.4, 0.5) is 4.79 Å². The van der Waals surface area contributed by atoms with E-state index in [2.05, 4.69) is 0 Å². The van der Waals surface area contributed by atoms with Crippen molar-refractivity contribution in [2.24, 2.45) is 7.05 Å². The van der Waals surface area contributed by atoms with E-state index in [-0.39, 0.29) is 5.57 Å². The summed E-state index contributed by atoms with van der Waals surface area (Å²) in [6.45, 7) is 3.86. The molecule has 1 aliphatic heterocycles. The van der Waals surface area contributed by atoms with Crippen molar-refractivity contribution >= 4 is 23.9 Å². The van der Waals surface area contributed by atoms with Crippen molar-refractivity contribution in [2.75, 3.05) is 14.1 Å². The van der Waals surface area contributed by atoms with Crippen LogP contribution in [0.1, 0.15) is 17.0 Å². The van der Waals surface area contributed by atoms with E-state index < -0.39 is 17.8 Å². The topological polar surface area (TPSA) is 62.6 Å². The number of imide groups is 2. The van der Waals surface area contributed by atoms with E-state index in [0.29, 0.717) is 0 Å². The van der Waals surface area contributed by atoms with Gasteiger partial charge in [0.1, 0.15) is 5.57 Å². The maximum atomic E-state index is 12.1. The Labute approximate surface area is 117 Å². The fourth-order valence-corrected chi connectivity index (χ4v) is 2.16. The lowest BCUT2D eigenvalue weighted by Crippen LogP contribution is -2.52. The normalized spacial score (nSPS) is 16.2. The summed E-state index contributed by atoms with van der Waals surface area (Å²) in [5, 5.41) is 0. The Kier molecular flexibility index (Phi) is 3.25. The maximum Gasteiger partial charge on any atom is 0.333 e. The summed E-state index contributed by atoms with van der Waals surface area (Å²) in [6, 6.07) is 1.29. The first-order valence-corrected chi connectivity index (χ1v) is 6.20. The van der Waals surface area contributed by atoms with Crippen LogP contribution in [0.5, 0.6) is 0 Å². The van der Waals surface area contributed by atoms with Crippen LogP contribution in [0, 0.1) is 13.8 Å². The van der Waals surface area contributed by atoms with Crippen molar-refractivity contribution < 1.29 is 14.4 Å². The number of aromatic nitrogens is 1. The van der Waals surface area contributed by atoms with Crippen LogP contribution in [0.3, 0.4) is 0 Å². The number of rotatable bonds is 1. The van der Waals surface area contributed by atoms with Gasteiger partial charge in [0.25, 0.3) is 11.8 Å². The molecular weight excluding hydrogens is 258 g/mol. The fraction of sp³-hybridized carbons (Fsp3) is 0.357. The number of hydrogen-bond acceptors (Lipinski definition) is 3. The molecule has 20 heavy (non-hydrogen) atoms. The van der Waals surface area contributed by atoms with Crippen molar-refractivity contribution in [3.63, 3.8) is 0 Å². The summed E-state index contributed by atoms with van der Waals surface area (Å²) >= 11 is 0. The minimum absolute atomic E-state index is 0.00306. The Morgan fingerprint density at radius 3 is 1.85 bits per heavy atom. The molecule has 0 aromatic carbocycles. The Morgan fingerprint density at radius 2 is 1.45 bits per heavy atom. The highest BCUT2D eigenvalue weighted by molar-refractivity contribution is 6.30. The van der Waals surface area contributed by atoms with Crippen molar-refractivity contribution in [3.05, 3.63) is 28.6 Å². The SMILES string of the molecule is Cc1cc(C=C2C(=O)N(C)C(=O)N(C)C2=O)c(C)n1C. The zero-order valence-electron chi connectivity index (χ0n) is 12.2. The molecule has 1 aromatic rings. The molecule has 0 aliphatic carbocycles. The van der Waals surface area contributed by atoms with Gasteiger partial charge in [0.05, 0.1) is 0 Å². The molecule has 1 aliphatic rings. The lowest BCUT2D eigenvalue weighted by atomic mass is 10.1. The van der Waals surface area contributed by atoms with Gasteiger partial charge in [-0.15, -0.1) is 0 Å². The first kappa shape index (κ1) is 14.0. The van der Waals surface area contributed by atoms with Crippen LogP contribution in [0.25, 0.3) is 6.08 Å². The number of hydrogen-bond donors (Lipinski definition) is 0. The molecule has 1 saturated heterocycles. The van der Waals surface area contributed by atoms with E-state index in [4.69, 9.17) is 0 Å². The van der Waals surface area contributed by atoms with Crippen molar-refractivity contribution in [1.82, 2.24) is 14.4 Å². The Balaban J connectivity index is 2.52. The molecule has 1 aromatic heterocycles. The average Bonchev–Trinajstić information content (AvgIpc) is 2.66. The summed E-state index contributed by atoms with van der Waals surface area (Å²) in [4.78, 5) is 37.7. The number of aryl methyl sites for hydroxylation is 1. The van der Waals surface area contributed by atoms with Crippen LogP contribution in [-0.4, -0.2) is 46.3 Å². The molecule has 6 nitrogen and oxygen atoms in total. The number of urea groups is 1. The van der Waals surface area contributed by atoms with Crippen molar-refractivity contribution in [3.8, 4) is 0 Å². The minimum atomic E-state index is -0.613. The monoisotopic (exact) mass is 275 g/mol. The quantitative estimate of drug-likeness (QED) is 0.569. The minimum Gasteiger partial charge on any atom is -0.352 e. The Hall–Kier alpha value is -2.37. The molecule has 0 saturated carbocycles. The highest BCUT2D eigenvalue weighted by Crippen LogP contribution is 2.21. The smallest absolute Gasteiger partial charge is 0.333 e. The number of carbonyl (C=O) groups is 3. The fourth-order valence-electron chi connectivity index (χ4n) is 2.16. The van der Waals surface area contributed by atoms with Gasteiger partial charge in [0.15, 0.2) is 0 Å². The van der Waals surface area contributed by atoms with E-state index in [9.17, 15) is 14.4 Å². The zero-order valence-corrected chi connectivity index (χ0v) is 12.2. The third-order valence-electron chi connectivity index (χ3n) is 3.76. The molecule has 0 bridgehead atoms. The summed E-state index contributed by atoms with van der Waals surface area (Å²) in [7, 11) is 4.65. The summed E-state index contributed by atoms with van der Waals surface area (Å²) in [6.07, 6.45) is 1.55. The van der Waals surface area contributed by atoms with Crippen molar-refractivity contribution in [2.45, 2.75) is 13.8 Å². The molecule has 0 N–H and O–H groups in total. The average molecular weight is 275 g/mol. The molecule has 106 valence electrons. The Morgan fingerprint density at radius 1 is 0.950 bits per heavy atom. The van der Waals surface area contributed by atoms with Crippen molar-refractivity contribution in [1.29, 1.82) is 0 Å². The van der Waals surface area contributed by atoms with Gasteiger partial charge in [0, 0.05) is 32.5 Å².